The van der Waals surface area contributed by atoms with Crippen LogP contribution in [0.3, 0.4) is 0 Å². The first-order valence-electron chi connectivity index (χ1n) is 1.65. The van der Waals surface area contributed by atoms with Crippen molar-refractivity contribution in [2.45, 2.75) is 13.0 Å². The van der Waals surface area contributed by atoms with E-state index >= 15 is 0 Å². The number of hydrogen-bond donors (Lipinski definition) is 1. The van der Waals surface area contributed by atoms with E-state index in [1.165, 1.54) is 0 Å². The van der Waals surface area contributed by atoms with Gasteiger partial charge < -0.3 is 5.11 Å². The topological polar surface area (TPSA) is 20.2 Å². The second-order valence-corrected chi connectivity index (χ2v) is 1.56. The summed E-state index contributed by atoms with van der Waals surface area (Å²) >= 11 is 0. The highest BCUT2D eigenvalue weighted by atomic mass is 35.5. The molecule has 0 saturated carbocycles. The summed E-state index contributed by atoms with van der Waals surface area (Å²) in [7, 11) is 2.44. The maximum Gasteiger partial charge on any atom is 0.0546 e. The summed E-state index contributed by atoms with van der Waals surface area (Å²) < 4.78 is 0. The Balaban J connectivity index is 0. The smallest absolute Gasteiger partial charge is 0.0546 e. The zero-order chi connectivity index (χ0) is 4.28. The van der Waals surface area contributed by atoms with Crippen molar-refractivity contribution in [3.63, 3.8) is 0 Å². The molecule has 0 bridgehead atoms. The van der Waals surface area contributed by atoms with E-state index in [0.29, 0.717) is 0 Å². The fourth-order valence-corrected chi connectivity index (χ4v) is 0. The SMILES string of the molecule is CC(O)CP.Cl. The van der Waals surface area contributed by atoms with Crippen LogP contribution in [0.1, 0.15) is 6.92 Å². The first-order valence-corrected chi connectivity index (χ1v) is 2.47. The molecule has 0 heterocycles. The lowest BCUT2D eigenvalue weighted by Crippen LogP contribution is -1.97. The molecule has 0 aliphatic rings. The Kier molecular flexibility index (Phi) is 9.31. The Morgan fingerprint density at radius 2 is 2.00 bits per heavy atom. The van der Waals surface area contributed by atoms with E-state index in [1.807, 2.05) is 0 Å². The van der Waals surface area contributed by atoms with Gasteiger partial charge in [0, 0.05) is 0 Å². The van der Waals surface area contributed by atoms with Crippen LogP contribution in [0.2, 0.25) is 0 Å². The maximum atomic E-state index is 8.34. The van der Waals surface area contributed by atoms with E-state index in [-0.39, 0.29) is 18.5 Å². The predicted molar refractivity (Wildman–Crippen MR) is 33.5 cm³/mol. The van der Waals surface area contributed by atoms with Crippen LogP contribution in [-0.2, 0) is 0 Å². The lowest BCUT2D eigenvalue weighted by atomic mass is 10.5. The third-order valence-corrected chi connectivity index (χ3v) is 1.02. The molecule has 6 heavy (non-hydrogen) atoms. The van der Waals surface area contributed by atoms with Crippen LogP contribution >= 0.6 is 21.6 Å². The number of rotatable bonds is 1. The van der Waals surface area contributed by atoms with Crippen LogP contribution in [0.5, 0.6) is 0 Å². The molecule has 0 amide bonds. The summed E-state index contributed by atoms with van der Waals surface area (Å²) in [4.78, 5) is 0. The molecule has 40 valence electrons. The molecule has 1 nitrogen and oxygen atoms in total. The third-order valence-electron chi connectivity index (χ3n) is 0.341. The summed E-state index contributed by atoms with van der Waals surface area (Å²) in [6.45, 7) is 1.76. The molecule has 0 aromatic carbocycles. The van der Waals surface area contributed by atoms with E-state index in [0.717, 1.165) is 6.16 Å². The fraction of sp³-hybridized carbons (Fsp3) is 1.00. The largest absolute Gasteiger partial charge is 0.393 e. The van der Waals surface area contributed by atoms with Crippen molar-refractivity contribution < 1.29 is 5.11 Å². The normalized spacial score (nSPS) is 12.5. The standard InChI is InChI=1S/C3H9OP.ClH/c1-3(4)2-5;/h3-4H,2,5H2,1H3;1H. The third kappa shape index (κ3) is 8.82. The van der Waals surface area contributed by atoms with E-state index < -0.39 is 0 Å². The second-order valence-electron chi connectivity index (χ2n) is 1.08. The summed E-state index contributed by atoms with van der Waals surface area (Å²) in [5.41, 5.74) is 0. The van der Waals surface area contributed by atoms with Crippen molar-refractivity contribution in [1.82, 2.24) is 0 Å². The van der Waals surface area contributed by atoms with E-state index in [4.69, 9.17) is 5.11 Å². The molecule has 3 heteroatoms. The maximum absolute atomic E-state index is 8.34. The van der Waals surface area contributed by atoms with Gasteiger partial charge in [0.1, 0.15) is 0 Å². The average Bonchev–Trinajstić information content (AvgIpc) is 1.38. The minimum absolute atomic E-state index is 0. The van der Waals surface area contributed by atoms with Gasteiger partial charge in [0.15, 0.2) is 0 Å². The van der Waals surface area contributed by atoms with Gasteiger partial charge in [0.05, 0.1) is 6.10 Å². The van der Waals surface area contributed by atoms with Crippen molar-refractivity contribution >= 4 is 21.6 Å². The monoisotopic (exact) mass is 128 g/mol. The fourth-order valence-electron chi connectivity index (χ4n) is 0. The Morgan fingerprint density at radius 3 is 2.00 bits per heavy atom. The first-order chi connectivity index (χ1) is 2.27. The van der Waals surface area contributed by atoms with Crippen LogP contribution in [0.4, 0.5) is 0 Å². The molecule has 0 radical (unpaired) electrons. The molecule has 0 rings (SSSR count). The number of aliphatic hydroxyl groups excluding tert-OH is 1. The lowest BCUT2D eigenvalue weighted by Gasteiger charge is -1.90. The molecule has 0 spiro atoms. The molecule has 1 N–H and O–H groups in total. The Bertz CT molecular complexity index is 24.8. The van der Waals surface area contributed by atoms with Gasteiger partial charge in [-0.15, -0.1) is 21.6 Å². The summed E-state index contributed by atoms with van der Waals surface area (Å²) in [6.07, 6.45) is 0.625. The molecule has 2 unspecified atom stereocenters. The predicted octanol–water partition coefficient (Wildman–Crippen LogP) is 0.664. The molecule has 0 saturated heterocycles. The van der Waals surface area contributed by atoms with Crippen molar-refractivity contribution in [2.75, 3.05) is 6.16 Å². The zero-order valence-electron chi connectivity index (χ0n) is 3.72. The summed E-state index contributed by atoms with van der Waals surface area (Å²) in [5.74, 6) is 0. The molecular formula is C3H10ClOP. The first kappa shape index (κ1) is 9.84. The number of hydrogen-bond acceptors (Lipinski definition) is 1. The zero-order valence-corrected chi connectivity index (χ0v) is 5.69. The molecule has 0 aromatic rings. The molecule has 0 aliphatic carbocycles. The van der Waals surface area contributed by atoms with Crippen LogP contribution in [0.15, 0.2) is 0 Å². The van der Waals surface area contributed by atoms with Crippen molar-refractivity contribution in [3.05, 3.63) is 0 Å². The highest BCUT2D eigenvalue weighted by Gasteiger charge is 1.81. The second kappa shape index (κ2) is 5.68. The molecule has 0 aromatic heterocycles. The van der Waals surface area contributed by atoms with E-state index in [9.17, 15) is 0 Å². The van der Waals surface area contributed by atoms with Gasteiger partial charge in [-0.25, -0.2) is 0 Å². The van der Waals surface area contributed by atoms with Gasteiger partial charge in [0.25, 0.3) is 0 Å². The molecule has 0 aliphatic heterocycles. The average molecular weight is 129 g/mol. The van der Waals surface area contributed by atoms with Crippen molar-refractivity contribution in [1.29, 1.82) is 0 Å². The molecule has 0 fully saturated rings. The highest BCUT2D eigenvalue weighted by Crippen LogP contribution is 1.84. The summed E-state index contributed by atoms with van der Waals surface area (Å²) in [5, 5.41) is 8.34. The van der Waals surface area contributed by atoms with Gasteiger partial charge in [-0.2, -0.15) is 0 Å². The molecule has 2 atom stereocenters. The van der Waals surface area contributed by atoms with Gasteiger partial charge >= 0.3 is 0 Å². The van der Waals surface area contributed by atoms with Crippen LogP contribution < -0.4 is 0 Å². The minimum atomic E-state index is -0.153. The van der Waals surface area contributed by atoms with E-state index in [2.05, 4.69) is 9.24 Å². The van der Waals surface area contributed by atoms with E-state index in [1.54, 1.807) is 6.92 Å². The van der Waals surface area contributed by atoms with Crippen molar-refractivity contribution in [2.24, 2.45) is 0 Å². The highest BCUT2D eigenvalue weighted by molar-refractivity contribution is 7.16. The van der Waals surface area contributed by atoms with Gasteiger partial charge in [-0.3, -0.25) is 0 Å². The van der Waals surface area contributed by atoms with Gasteiger partial charge in [0.2, 0.25) is 0 Å². The Hall–Kier alpha value is 0.680. The number of aliphatic hydroxyl groups is 1. The minimum Gasteiger partial charge on any atom is -0.393 e. The van der Waals surface area contributed by atoms with Gasteiger partial charge in [-0.1, -0.05) is 0 Å². The van der Waals surface area contributed by atoms with Crippen molar-refractivity contribution in [3.8, 4) is 0 Å². The Morgan fingerprint density at radius 1 is 1.83 bits per heavy atom. The quantitative estimate of drug-likeness (QED) is 0.515. The Labute approximate surface area is 46.7 Å². The van der Waals surface area contributed by atoms with Crippen LogP contribution in [0.25, 0.3) is 0 Å². The molecular weight excluding hydrogens is 118 g/mol. The number of halogens is 1. The van der Waals surface area contributed by atoms with Gasteiger partial charge in [-0.05, 0) is 13.1 Å². The van der Waals surface area contributed by atoms with Crippen LogP contribution in [0, 0.1) is 0 Å². The summed E-state index contributed by atoms with van der Waals surface area (Å²) in [6, 6.07) is 0. The van der Waals surface area contributed by atoms with Crippen LogP contribution in [-0.4, -0.2) is 17.4 Å². The lowest BCUT2D eigenvalue weighted by molar-refractivity contribution is 0.220.